The maximum atomic E-state index is 13.7. The Morgan fingerprint density at radius 1 is 1.11 bits per heavy atom. The van der Waals surface area contributed by atoms with Crippen molar-refractivity contribution in [2.75, 3.05) is 20.2 Å². The normalized spacial score (nSPS) is 19.5. The topological polar surface area (TPSA) is 93.8 Å². The summed E-state index contributed by atoms with van der Waals surface area (Å²) in [6.07, 6.45) is 6.52. The molecule has 2 atom stereocenters. The highest BCUT2D eigenvalue weighted by atomic mass is 16.5. The van der Waals surface area contributed by atoms with Gasteiger partial charge in [-0.1, -0.05) is 30.3 Å². The number of aromatic nitrogens is 4. The highest BCUT2D eigenvalue weighted by Gasteiger charge is 2.35. The zero-order chi connectivity index (χ0) is 26.4. The number of amides is 2. The predicted molar refractivity (Wildman–Crippen MR) is 143 cm³/mol. The Balaban J connectivity index is 1.25. The number of carbonyl (C=O) groups is 2. The van der Waals surface area contributed by atoms with Crippen LogP contribution < -0.4 is 10.1 Å². The summed E-state index contributed by atoms with van der Waals surface area (Å²) in [7, 11) is 3.41. The molecular weight excluding hydrogens is 480 g/mol. The Morgan fingerprint density at radius 3 is 2.63 bits per heavy atom. The van der Waals surface area contributed by atoms with Crippen LogP contribution in [0.3, 0.4) is 0 Å². The standard InChI is InChI=1S/C29H32N6O3/c1-18-15-30-27-26(38-3)13-21(16-35(18)27)29(37)34-12-11-23(22(17-34)19-7-5-4-6-8-19)31-28(36)25-14-24(20-9-10-20)32-33(25)2/h4-8,13-16,20,22-23H,9-12,17H2,1-3H3,(H,31,36)/t22-,23-/m1/s1. The molecule has 4 aromatic rings. The van der Waals surface area contributed by atoms with E-state index in [2.05, 4.69) is 27.5 Å². The van der Waals surface area contributed by atoms with E-state index in [0.29, 0.717) is 48.1 Å². The SMILES string of the molecule is COc1cc(C(=O)N2CC[C@@H](NC(=O)c3cc(C4CC4)nn3C)[C@@H](c3ccccc3)C2)cn2c(C)cnc12. The first-order valence-electron chi connectivity index (χ1n) is 13.1. The minimum absolute atomic E-state index is 0.0467. The third-order valence-corrected chi connectivity index (χ3v) is 7.80. The average Bonchev–Trinajstić information content (AvgIpc) is 3.62. The number of fused-ring (bicyclic) bond motifs is 1. The molecular formula is C29H32N6O3. The fraction of sp³-hybridized carbons (Fsp3) is 0.379. The second-order valence-electron chi connectivity index (χ2n) is 10.4. The fourth-order valence-electron chi connectivity index (χ4n) is 5.49. The lowest BCUT2D eigenvalue weighted by Gasteiger charge is -2.39. The number of pyridine rings is 1. The Hall–Kier alpha value is -4.14. The largest absolute Gasteiger partial charge is 0.493 e. The third kappa shape index (κ3) is 4.42. The Bertz CT molecular complexity index is 1500. The molecule has 1 N–H and O–H groups in total. The zero-order valence-electron chi connectivity index (χ0n) is 21.9. The molecule has 4 heterocycles. The molecule has 196 valence electrons. The van der Waals surface area contributed by atoms with E-state index in [1.165, 1.54) is 0 Å². The van der Waals surface area contributed by atoms with Gasteiger partial charge in [-0.2, -0.15) is 5.10 Å². The van der Waals surface area contributed by atoms with Crippen molar-refractivity contribution >= 4 is 17.5 Å². The molecule has 0 radical (unpaired) electrons. The molecule has 1 aliphatic heterocycles. The molecule has 3 aromatic heterocycles. The van der Waals surface area contributed by atoms with Crippen LogP contribution in [-0.4, -0.2) is 62.1 Å². The summed E-state index contributed by atoms with van der Waals surface area (Å²) in [5.41, 5.74) is 4.83. The van der Waals surface area contributed by atoms with Gasteiger partial charge in [0, 0.05) is 56.1 Å². The monoisotopic (exact) mass is 512 g/mol. The van der Waals surface area contributed by atoms with Crippen LogP contribution >= 0.6 is 0 Å². The van der Waals surface area contributed by atoms with Gasteiger partial charge in [0.15, 0.2) is 11.4 Å². The van der Waals surface area contributed by atoms with Gasteiger partial charge >= 0.3 is 0 Å². The number of methoxy groups -OCH3 is 1. The number of aryl methyl sites for hydroxylation is 2. The number of ether oxygens (including phenoxy) is 1. The first kappa shape index (κ1) is 24.2. The van der Waals surface area contributed by atoms with E-state index in [1.54, 1.807) is 24.1 Å². The van der Waals surface area contributed by atoms with Crippen LogP contribution in [0.25, 0.3) is 5.65 Å². The summed E-state index contributed by atoms with van der Waals surface area (Å²) in [5.74, 6) is 0.813. The molecule has 1 saturated heterocycles. The summed E-state index contributed by atoms with van der Waals surface area (Å²) in [6, 6.07) is 13.7. The lowest BCUT2D eigenvalue weighted by molar-refractivity contribution is 0.0670. The van der Waals surface area contributed by atoms with Crippen molar-refractivity contribution in [1.29, 1.82) is 0 Å². The van der Waals surface area contributed by atoms with Gasteiger partial charge in [-0.15, -0.1) is 0 Å². The number of imidazole rings is 1. The van der Waals surface area contributed by atoms with E-state index < -0.39 is 0 Å². The molecule has 2 fully saturated rings. The van der Waals surface area contributed by atoms with Crippen molar-refractivity contribution in [2.45, 2.75) is 44.1 Å². The minimum Gasteiger partial charge on any atom is -0.493 e. The van der Waals surface area contributed by atoms with Crippen LogP contribution in [0.5, 0.6) is 5.75 Å². The molecule has 1 aromatic carbocycles. The number of hydrogen-bond acceptors (Lipinski definition) is 5. The van der Waals surface area contributed by atoms with Gasteiger partial charge in [0.05, 0.1) is 18.4 Å². The summed E-state index contributed by atoms with van der Waals surface area (Å²) in [4.78, 5) is 33.3. The van der Waals surface area contributed by atoms with Crippen LogP contribution in [0.15, 0.2) is 54.9 Å². The summed E-state index contributed by atoms with van der Waals surface area (Å²) < 4.78 is 9.10. The smallest absolute Gasteiger partial charge is 0.269 e. The van der Waals surface area contributed by atoms with Crippen molar-refractivity contribution in [3.63, 3.8) is 0 Å². The molecule has 2 amide bonds. The van der Waals surface area contributed by atoms with Gasteiger partial charge < -0.3 is 19.4 Å². The van der Waals surface area contributed by atoms with Crippen LogP contribution in [0, 0.1) is 6.92 Å². The van der Waals surface area contributed by atoms with E-state index in [-0.39, 0.29) is 23.8 Å². The van der Waals surface area contributed by atoms with E-state index in [9.17, 15) is 9.59 Å². The van der Waals surface area contributed by atoms with Crippen LogP contribution in [0.2, 0.25) is 0 Å². The van der Waals surface area contributed by atoms with Crippen LogP contribution in [0.4, 0.5) is 0 Å². The maximum Gasteiger partial charge on any atom is 0.269 e. The number of nitrogens with one attached hydrogen (secondary N) is 1. The van der Waals surface area contributed by atoms with E-state index in [1.807, 2.05) is 53.7 Å². The van der Waals surface area contributed by atoms with Crippen molar-refractivity contribution in [3.05, 3.63) is 83.1 Å². The van der Waals surface area contributed by atoms with Gasteiger partial charge in [-0.25, -0.2) is 4.98 Å². The molecule has 9 nitrogen and oxygen atoms in total. The molecule has 2 aliphatic rings. The van der Waals surface area contributed by atoms with Gasteiger partial charge in [-0.05, 0) is 43.9 Å². The molecule has 0 spiro atoms. The molecule has 0 bridgehead atoms. The van der Waals surface area contributed by atoms with Crippen LogP contribution in [-0.2, 0) is 7.05 Å². The minimum atomic E-state index is -0.122. The quantitative estimate of drug-likeness (QED) is 0.425. The number of carbonyl (C=O) groups excluding carboxylic acids is 2. The number of hydrogen-bond donors (Lipinski definition) is 1. The van der Waals surface area contributed by atoms with Gasteiger partial charge in [-0.3, -0.25) is 14.3 Å². The summed E-state index contributed by atoms with van der Waals surface area (Å²) >= 11 is 0. The van der Waals surface area contributed by atoms with Crippen LogP contribution in [0.1, 0.15) is 68.9 Å². The highest BCUT2D eigenvalue weighted by molar-refractivity contribution is 5.95. The number of likely N-dealkylation sites (tertiary alicyclic amines) is 1. The van der Waals surface area contributed by atoms with Gasteiger partial charge in [0.25, 0.3) is 11.8 Å². The first-order valence-corrected chi connectivity index (χ1v) is 13.1. The Kier molecular flexibility index (Phi) is 6.13. The Labute approximate surface area is 221 Å². The van der Waals surface area contributed by atoms with E-state index >= 15 is 0 Å². The number of nitrogens with zero attached hydrogens (tertiary/aromatic N) is 5. The second kappa shape index (κ2) is 9.63. The van der Waals surface area contributed by atoms with Crippen molar-refractivity contribution in [2.24, 2.45) is 7.05 Å². The predicted octanol–water partition coefficient (Wildman–Crippen LogP) is 3.69. The van der Waals surface area contributed by atoms with Crippen molar-refractivity contribution in [3.8, 4) is 5.75 Å². The van der Waals surface area contributed by atoms with Gasteiger partial charge in [0.1, 0.15) is 5.69 Å². The third-order valence-electron chi connectivity index (χ3n) is 7.80. The number of rotatable bonds is 6. The lowest BCUT2D eigenvalue weighted by Crippen LogP contribution is -2.51. The zero-order valence-corrected chi connectivity index (χ0v) is 21.9. The van der Waals surface area contributed by atoms with Crippen molar-refractivity contribution in [1.82, 2.24) is 29.4 Å². The molecule has 38 heavy (non-hydrogen) atoms. The van der Waals surface area contributed by atoms with E-state index in [0.717, 1.165) is 29.8 Å². The second-order valence-corrected chi connectivity index (χ2v) is 10.4. The first-order chi connectivity index (χ1) is 18.4. The molecule has 1 aliphatic carbocycles. The molecule has 9 heteroatoms. The van der Waals surface area contributed by atoms with E-state index in [4.69, 9.17) is 4.74 Å². The summed E-state index contributed by atoms with van der Waals surface area (Å²) in [6.45, 7) is 2.98. The Morgan fingerprint density at radius 2 is 1.89 bits per heavy atom. The number of benzene rings is 1. The highest BCUT2D eigenvalue weighted by Crippen LogP contribution is 2.39. The molecule has 0 unspecified atom stereocenters. The van der Waals surface area contributed by atoms with Crippen molar-refractivity contribution < 1.29 is 14.3 Å². The number of piperidine rings is 1. The average molecular weight is 513 g/mol. The molecule has 6 rings (SSSR count). The lowest BCUT2D eigenvalue weighted by atomic mass is 9.85. The maximum absolute atomic E-state index is 13.7. The van der Waals surface area contributed by atoms with Gasteiger partial charge in [0.2, 0.25) is 0 Å². The fourth-order valence-corrected chi connectivity index (χ4v) is 5.49. The summed E-state index contributed by atoms with van der Waals surface area (Å²) in [5, 5.41) is 7.83. The molecule has 1 saturated carbocycles.